The zero-order chi connectivity index (χ0) is 20.9. The maximum Gasteiger partial charge on any atom is 0.416 e. The molecule has 0 bridgehead atoms. The molecule has 1 aromatic carbocycles. The maximum atomic E-state index is 12.9. The Kier molecular flexibility index (Phi) is 7.59. The number of halogens is 3. The van der Waals surface area contributed by atoms with Gasteiger partial charge in [-0.15, -0.1) is 23.1 Å². The molecule has 158 valence electrons. The predicted octanol–water partition coefficient (Wildman–Crippen LogP) is 5.90. The van der Waals surface area contributed by atoms with Crippen molar-refractivity contribution < 1.29 is 13.2 Å². The van der Waals surface area contributed by atoms with Crippen LogP contribution < -0.4 is 4.90 Å². The van der Waals surface area contributed by atoms with Crippen molar-refractivity contribution in [3.63, 3.8) is 0 Å². The highest BCUT2D eigenvalue weighted by molar-refractivity contribution is 8.01. The van der Waals surface area contributed by atoms with Crippen molar-refractivity contribution in [3.8, 4) is 0 Å². The van der Waals surface area contributed by atoms with Gasteiger partial charge in [-0.3, -0.25) is 4.90 Å². The van der Waals surface area contributed by atoms with E-state index in [4.69, 9.17) is 0 Å². The molecule has 2 heterocycles. The van der Waals surface area contributed by atoms with E-state index in [1.54, 1.807) is 36.1 Å². The number of thiophene rings is 1. The van der Waals surface area contributed by atoms with E-state index in [1.807, 2.05) is 17.0 Å². The lowest BCUT2D eigenvalue weighted by Gasteiger charge is -2.36. The molecule has 9 heteroatoms. The third kappa shape index (κ3) is 6.20. The largest absolute Gasteiger partial charge is 0.416 e. The third-order valence-electron chi connectivity index (χ3n) is 4.95. The van der Waals surface area contributed by atoms with Crippen LogP contribution >= 0.6 is 23.1 Å². The van der Waals surface area contributed by atoms with Crippen LogP contribution in [0.3, 0.4) is 0 Å². The van der Waals surface area contributed by atoms with Gasteiger partial charge in [-0.25, -0.2) is 0 Å². The minimum absolute atomic E-state index is 0.289. The van der Waals surface area contributed by atoms with Gasteiger partial charge in [-0.2, -0.15) is 18.1 Å². The fourth-order valence-corrected chi connectivity index (χ4v) is 5.39. The standard InChI is InChI=1S/C20H24F3N3OS2/c1-15(24-27)18-6-7-19(29-18)28-13-3-8-25-9-11-26(12-10-25)17-5-2-4-16(14-17)20(21,22)23/h2,4-7,14-15H,3,8-13H2,1H3. The van der Waals surface area contributed by atoms with Crippen molar-refractivity contribution in [2.75, 3.05) is 43.4 Å². The van der Waals surface area contributed by atoms with Crippen LogP contribution in [-0.2, 0) is 6.18 Å². The molecular formula is C20H24F3N3OS2. The first-order valence-electron chi connectivity index (χ1n) is 9.56. The van der Waals surface area contributed by atoms with Crippen molar-refractivity contribution in [2.24, 2.45) is 5.18 Å². The number of hydrogen-bond acceptors (Lipinski definition) is 6. The van der Waals surface area contributed by atoms with Crippen LogP contribution in [0.5, 0.6) is 0 Å². The van der Waals surface area contributed by atoms with Crippen molar-refractivity contribution in [2.45, 2.75) is 29.8 Å². The number of thioether (sulfide) groups is 1. The molecule has 0 saturated carbocycles. The van der Waals surface area contributed by atoms with Crippen LogP contribution in [0, 0.1) is 4.91 Å². The van der Waals surface area contributed by atoms with E-state index in [0.29, 0.717) is 5.69 Å². The molecular weight excluding hydrogens is 419 g/mol. The molecule has 1 atom stereocenters. The van der Waals surface area contributed by atoms with Gasteiger partial charge in [0.05, 0.1) is 9.77 Å². The summed E-state index contributed by atoms with van der Waals surface area (Å²) in [6.45, 7) is 5.96. The highest BCUT2D eigenvalue weighted by Gasteiger charge is 2.31. The van der Waals surface area contributed by atoms with Gasteiger partial charge in [0.2, 0.25) is 0 Å². The van der Waals surface area contributed by atoms with Gasteiger partial charge in [0.1, 0.15) is 6.04 Å². The van der Waals surface area contributed by atoms with E-state index >= 15 is 0 Å². The van der Waals surface area contributed by atoms with Crippen molar-refractivity contribution in [1.82, 2.24) is 4.90 Å². The molecule has 1 aliphatic heterocycles. The summed E-state index contributed by atoms with van der Waals surface area (Å²) < 4.78 is 39.9. The molecule has 2 aromatic rings. The molecule has 0 amide bonds. The predicted molar refractivity (Wildman–Crippen MR) is 114 cm³/mol. The van der Waals surface area contributed by atoms with E-state index < -0.39 is 11.7 Å². The lowest BCUT2D eigenvalue weighted by Crippen LogP contribution is -2.46. The fourth-order valence-electron chi connectivity index (χ4n) is 3.26. The van der Waals surface area contributed by atoms with Gasteiger partial charge in [0.25, 0.3) is 0 Å². The zero-order valence-electron chi connectivity index (χ0n) is 16.2. The molecule has 1 saturated heterocycles. The normalized spacial score (nSPS) is 16.8. The minimum atomic E-state index is -4.30. The van der Waals surface area contributed by atoms with Gasteiger partial charge in [0.15, 0.2) is 0 Å². The second-order valence-corrected chi connectivity index (χ2v) is 9.53. The van der Waals surface area contributed by atoms with E-state index in [-0.39, 0.29) is 6.04 Å². The van der Waals surface area contributed by atoms with Crippen LogP contribution in [0.1, 0.15) is 29.8 Å². The van der Waals surface area contributed by atoms with Gasteiger partial charge in [0, 0.05) is 42.5 Å². The molecule has 1 fully saturated rings. The molecule has 0 radical (unpaired) electrons. The Morgan fingerprint density at radius 1 is 1.17 bits per heavy atom. The van der Waals surface area contributed by atoms with E-state index in [0.717, 1.165) is 55.8 Å². The zero-order valence-corrected chi connectivity index (χ0v) is 17.8. The van der Waals surface area contributed by atoms with Crippen molar-refractivity contribution >= 4 is 28.8 Å². The number of alkyl halides is 3. The summed E-state index contributed by atoms with van der Waals surface area (Å²) in [4.78, 5) is 16.0. The lowest BCUT2D eigenvalue weighted by atomic mass is 10.1. The van der Waals surface area contributed by atoms with Crippen molar-refractivity contribution in [3.05, 3.63) is 51.7 Å². The fraction of sp³-hybridized carbons (Fsp3) is 0.500. The Morgan fingerprint density at radius 3 is 2.62 bits per heavy atom. The number of nitroso groups, excluding NO2 is 1. The minimum Gasteiger partial charge on any atom is -0.369 e. The number of hydrogen-bond donors (Lipinski definition) is 0. The molecule has 29 heavy (non-hydrogen) atoms. The highest BCUT2D eigenvalue weighted by Crippen LogP contribution is 2.33. The Balaban J connectivity index is 1.39. The number of piperazine rings is 1. The van der Waals surface area contributed by atoms with Crippen molar-refractivity contribution in [1.29, 1.82) is 0 Å². The summed E-state index contributed by atoms with van der Waals surface area (Å²) in [6.07, 6.45) is -3.26. The number of benzene rings is 1. The average molecular weight is 444 g/mol. The van der Waals surface area contributed by atoms with Crippen LogP contribution in [-0.4, -0.2) is 43.4 Å². The molecule has 1 aliphatic rings. The highest BCUT2D eigenvalue weighted by atomic mass is 32.2. The Labute approximate surface area is 177 Å². The lowest BCUT2D eigenvalue weighted by molar-refractivity contribution is -0.137. The molecule has 1 aromatic heterocycles. The first-order valence-corrected chi connectivity index (χ1v) is 11.4. The summed E-state index contributed by atoms with van der Waals surface area (Å²) in [5.74, 6) is 0.997. The monoisotopic (exact) mass is 443 g/mol. The molecule has 3 rings (SSSR count). The number of nitrogens with zero attached hydrogens (tertiary/aromatic N) is 3. The number of rotatable bonds is 8. The summed E-state index contributed by atoms with van der Waals surface area (Å²) in [6, 6.07) is 9.29. The van der Waals surface area contributed by atoms with E-state index in [2.05, 4.69) is 10.1 Å². The Hall–Kier alpha value is -1.58. The van der Waals surface area contributed by atoms with Crippen LogP contribution in [0.25, 0.3) is 0 Å². The second kappa shape index (κ2) is 9.95. The maximum absolute atomic E-state index is 12.9. The van der Waals surface area contributed by atoms with E-state index in [9.17, 15) is 18.1 Å². The second-order valence-electron chi connectivity index (χ2n) is 7.02. The topological polar surface area (TPSA) is 35.9 Å². The first kappa shape index (κ1) is 22.1. The summed E-state index contributed by atoms with van der Waals surface area (Å²) in [7, 11) is 0. The summed E-state index contributed by atoms with van der Waals surface area (Å²) in [5, 5.41) is 3.06. The Morgan fingerprint density at radius 2 is 1.93 bits per heavy atom. The molecule has 0 aliphatic carbocycles. The van der Waals surface area contributed by atoms with Crippen LogP contribution in [0.15, 0.2) is 45.8 Å². The van der Waals surface area contributed by atoms with Gasteiger partial charge >= 0.3 is 6.18 Å². The Bertz CT molecular complexity index is 804. The average Bonchev–Trinajstić information content (AvgIpc) is 3.19. The quantitative estimate of drug-likeness (QED) is 0.289. The summed E-state index contributed by atoms with van der Waals surface area (Å²) in [5.41, 5.74) is 0.0482. The van der Waals surface area contributed by atoms with Gasteiger partial charge in [-0.05, 0) is 50.2 Å². The molecule has 1 unspecified atom stereocenters. The first-order chi connectivity index (χ1) is 13.9. The smallest absolute Gasteiger partial charge is 0.369 e. The van der Waals surface area contributed by atoms with Crippen LogP contribution in [0.2, 0.25) is 0 Å². The third-order valence-corrected chi connectivity index (χ3v) is 7.51. The van der Waals surface area contributed by atoms with Crippen LogP contribution in [0.4, 0.5) is 18.9 Å². The van der Waals surface area contributed by atoms with Gasteiger partial charge < -0.3 is 4.90 Å². The van der Waals surface area contributed by atoms with E-state index in [1.165, 1.54) is 16.3 Å². The summed E-state index contributed by atoms with van der Waals surface area (Å²) >= 11 is 3.41. The SMILES string of the molecule is CC(N=O)c1ccc(SCCCN2CCN(c3cccc(C(F)(F)F)c3)CC2)s1. The number of anilines is 1. The molecule has 4 nitrogen and oxygen atoms in total. The molecule has 0 spiro atoms. The molecule has 0 N–H and O–H groups in total. The van der Waals surface area contributed by atoms with Gasteiger partial charge in [-0.1, -0.05) is 11.2 Å².